The van der Waals surface area contributed by atoms with Crippen LogP contribution in [-0.4, -0.2) is 34.6 Å². The molecule has 0 radical (unpaired) electrons. The normalized spacial score (nSPS) is 28.6. The molecule has 2 N–H and O–H groups in total. The fraction of sp³-hybridized carbons (Fsp3) is 0.588. The molecule has 4 atom stereocenters. The monoisotopic (exact) mass is 347 g/mol. The quantitative estimate of drug-likeness (QED) is 0.891. The average molecular weight is 347 g/mol. The van der Waals surface area contributed by atoms with E-state index in [0.717, 1.165) is 19.4 Å². The zero-order chi connectivity index (χ0) is 17.0. The summed E-state index contributed by atoms with van der Waals surface area (Å²) in [5.41, 5.74) is 0.539. The van der Waals surface area contributed by atoms with E-state index in [4.69, 9.17) is 4.74 Å². The highest BCUT2D eigenvalue weighted by molar-refractivity contribution is 7.20. The van der Waals surface area contributed by atoms with Gasteiger partial charge in [0.25, 0.3) is 11.5 Å². The van der Waals surface area contributed by atoms with Crippen molar-refractivity contribution in [2.45, 2.75) is 45.8 Å². The Morgan fingerprint density at radius 3 is 3.00 bits per heavy atom. The van der Waals surface area contributed by atoms with Crippen LogP contribution in [-0.2, 0) is 4.74 Å². The standard InChI is InChI=1S/C17H21N3O3S/c1-4-9-12(10-5-6-23-13(9)10)20-16(22)14-7(2)11-15(21)18-8(3)19-17(11)24-14/h9-10,12-13H,4-6H2,1-3H3,(H,20,22)(H,18,19,21)/t9-,10+,12-,13-/m0/s1. The Hall–Kier alpha value is -1.73. The van der Waals surface area contributed by atoms with E-state index in [1.54, 1.807) is 6.92 Å². The van der Waals surface area contributed by atoms with Crippen molar-refractivity contribution >= 4 is 27.5 Å². The second-order valence-electron chi connectivity index (χ2n) is 6.75. The van der Waals surface area contributed by atoms with Gasteiger partial charge in [0.05, 0.1) is 16.4 Å². The Kier molecular flexibility index (Phi) is 3.73. The van der Waals surface area contributed by atoms with E-state index in [0.29, 0.717) is 44.4 Å². The van der Waals surface area contributed by atoms with Crippen molar-refractivity contribution in [3.05, 3.63) is 26.6 Å². The molecule has 1 saturated heterocycles. The number of fused-ring (bicyclic) bond motifs is 2. The molecular weight excluding hydrogens is 326 g/mol. The second kappa shape index (κ2) is 5.67. The van der Waals surface area contributed by atoms with Crippen LogP contribution in [0.2, 0.25) is 0 Å². The smallest absolute Gasteiger partial charge is 0.261 e. The molecule has 2 fully saturated rings. The third kappa shape index (κ3) is 2.22. The van der Waals surface area contributed by atoms with E-state index in [2.05, 4.69) is 22.2 Å². The zero-order valence-corrected chi connectivity index (χ0v) is 14.8. The van der Waals surface area contributed by atoms with Gasteiger partial charge in [0.15, 0.2) is 0 Å². The minimum atomic E-state index is -0.176. The molecule has 1 aliphatic heterocycles. The Morgan fingerprint density at radius 1 is 1.46 bits per heavy atom. The molecule has 2 aromatic heterocycles. The van der Waals surface area contributed by atoms with Crippen molar-refractivity contribution < 1.29 is 9.53 Å². The van der Waals surface area contributed by atoms with E-state index in [1.165, 1.54) is 11.3 Å². The van der Waals surface area contributed by atoms with E-state index in [-0.39, 0.29) is 17.5 Å². The van der Waals surface area contributed by atoms with Crippen LogP contribution < -0.4 is 10.9 Å². The fourth-order valence-electron chi connectivity index (χ4n) is 4.21. The van der Waals surface area contributed by atoms with Gasteiger partial charge in [0.2, 0.25) is 0 Å². The molecule has 7 heteroatoms. The van der Waals surface area contributed by atoms with Gasteiger partial charge in [-0.3, -0.25) is 9.59 Å². The van der Waals surface area contributed by atoms with Gasteiger partial charge in [-0.1, -0.05) is 6.92 Å². The van der Waals surface area contributed by atoms with Crippen molar-refractivity contribution in [1.82, 2.24) is 15.3 Å². The van der Waals surface area contributed by atoms with Crippen LogP contribution in [0.25, 0.3) is 10.2 Å². The Labute approximate surface area is 143 Å². The summed E-state index contributed by atoms with van der Waals surface area (Å²) in [4.78, 5) is 33.2. The number of H-pyrrole nitrogens is 1. The summed E-state index contributed by atoms with van der Waals surface area (Å²) in [6.07, 6.45) is 2.31. The Balaban J connectivity index is 1.63. The first-order valence-corrected chi connectivity index (χ1v) is 9.25. The number of amides is 1. The lowest BCUT2D eigenvalue weighted by molar-refractivity contribution is -0.0545. The molecule has 2 aromatic rings. The van der Waals surface area contributed by atoms with Crippen LogP contribution in [0.15, 0.2) is 4.79 Å². The van der Waals surface area contributed by atoms with Crippen LogP contribution >= 0.6 is 11.3 Å². The van der Waals surface area contributed by atoms with Gasteiger partial charge in [0, 0.05) is 24.5 Å². The number of hydrogen-bond acceptors (Lipinski definition) is 5. The number of rotatable bonds is 3. The molecule has 3 heterocycles. The molecule has 0 spiro atoms. The number of carbonyl (C=O) groups is 1. The molecule has 6 nitrogen and oxygen atoms in total. The van der Waals surface area contributed by atoms with Crippen LogP contribution in [0.3, 0.4) is 0 Å². The highest BCUT2D eigenvalue weighted by atomic mass is 32.1. The van der Waals surface area contributed by atoms with Gasteiger partial charge in [-0.05, 0) is 32.3 Å². The third-order valence-corrected chi connectivity index (χ3v) is 6.61. The predicted molar refractivity (Wildman–Crippen MR) is 92.6 cm³/mol. The molecule has 4 rings (SSSR count). The SMILES string of the molecule is CC[C@H]1[C@H](NC(=O)c2sc3nc(C)[nH]c(=O)c3c2C)[C@H]2CCO[C@H]21. The van der Waals surface area contributed by atoms with E-state index >= 15 is 0 Å². The summed E-state index contributed by atoms with van der Waals surface area (Å²) >= 11 is 1.30. The van der Waals surface area contributed by atoms with Crippen LogP contribution in [0.5, 0.6) is 0 Å². The van der Waals surface area contributed by atoms with Crippen LogP contribution in [0.4, 0.5) is 0 Å². The van der Waals surface area contributed by atoms with Crippen molar-refractivity contribution in [2.75, 3.05) is 6.61 Å². The molecule has 24 heavy (non-hydrogen) atoms. The lowest BCUT2D eigenvalue weighted by atomic mass is 9.65. The van der Waals surface area contributed by atoms with Crippen molar-refractivity contribution in [3.63, 3.8) is 0 Å². The van der Waals surface area contributed by atoms with Gasteiger partial charge in [0.1, 0.15) is 10.7 Å². The summed E-state index contributed by atoms with van der Waals surface area (Å²) in [6.45, 7) is 6.49. The van der Waals surface area contributed by atoms with Crippen LogP contribution in [0, 0.1) is 25.7 Å². The summed E-state index contributed by atoms with van der Waals surface area (Å²) in [7, 11) is 0. The molecule has 2 aliphatic rings. The van der Waals surface area contributed by atoms with Crippen LogP contribution in [0.1, 0.15) is 40.8 Å². The molecule has 128 valence electrons. The minimum Gasteiger partial charge on any atom is -0.377 e. The Morgan fingerprint density at radius 2 is 2.25 bits per heavy atom. The Bertz CT molecular complexity index is 872. The lowest BCUT2D eigenvalue weighted by Crippen LogP contribution is -2.61. The molecule has 1 aliphatic carbocycles. The number of hydrogen-bond donors (Lipinski definition) is 2. The molecule has 0 bridgehead atoms. The predicted octanol–water partition coefficient (Wildman–Crippen LogP) is 2.14. The van der Waals surface area contributed by atoms with Gasteiger partial charge >= 0.3 is 0 Å². The maximum absolute atomic E-state index is 12.8. The minimum absolute atomic E-state index is 0.0960. The molecule has 1 amide bonds. The number of aryl methyl sites for hydroxylation is 2. The first-order valence-electron chi connectivity index (χ1n) is 8.43. The molecule has 0 unspecified atom stereocenters. The maximum Gasteiger partial charge on any atom is 0.261 e. The summed E-state index contributed by atoms with van der Waals surface area (Å²) < 4.78 is 5.77. The summed E-state index contributed by atoms with van der Waals surface area (Å²) in [5.74, 6) is 1.29. The maximum atomic E-state index is 12.8. The zero-order valence-electron chi connectivity index (χ0n) is 14.0. The van der Waals surface area contributed by atoms with Gasteiger partial charge in [-0.2, -0.15) is 0 Å². The van der Waals surface area contributed by atoms with Crippen molar-refractivity contribution in [1.29, 1.82) is 0 Å². The number of aromatic amines is 1. The number of ether oxygens (including phenoxy) is 1. The summed E-state index contributed by atoms with van der Waals surface area (Å²) in [6, 6.07) is 0.174. The fourth-order valence-corrected chi connectivity index (χ4v) is 5.35. The first-order chi connectivity index (χ1) is 11.5. The topological polar surface area (TPSA) is 84.1 Å². The number of nitrogens with zero attached hydrogens (tertiary/aromatic N) is 1. The second-order valence-corrected chi connectivity index (χ2v) is 7.75. The first kappa shape index (κ1) is 15.8. The highest BCUT2D eigenvalue weighted by Gasteiger charge is 2.53. The van der Waals surface area contributed by atoms with Gasteiger partial charge in [-0.15, -0.1) is 11.3 Å². The molecular formula is C17H21N3O3S. The highest BCUT2D eigenvalue weighted by Crippen LogP contribution is 2.45. The van der Waals surface area contributed by atoms with Crippen molar-refractivity contribution in [3.8, 4) is 0 Å². The van der Waals surface area contributed by atoms with E-state index < -0.39 is 0 Å². The van der Waals surface area contributed by atoms with Gasteiger partial charge in [-0.25, -0.2) is 4.98 Å². The van der Waals surface area contributed by atoms with E-state index in [1.807, 2.05) is 6.92 Å². The molecule has 0 aromatic carbocycles. The summed E-state index contributed by atoms with van der Waals surface area (Å²) in [5, 5.41) is 3.72. The third-order valence-electron chi connectivity index (χ3n) is 5.42. The number of nitrogens with one attached hydrogen (secondary N) is 2. The number of carbonyl (C=O) groups excluding carboxylic acids is 1. The average Bonchev–Trinajstić information content (AvgIpc) is 3.07. The van der Waals surface area contributed by atoms with Crippen molar-refractivity contribution in [2.24, 2.45) is 11.8 Å². The van der Waals surface area contributed by atoms with E-state index in [9.17, 15) is 9.59 Å². The lowest BCUT2D eigenvalue weighted by Gasteiger charge is -2.47. The largest absolute Gasteiger partial charge is 0.377 e. The number of thiophene rings is 1. The van der Waals surface area contributed by atoms with Gasteiger partial charge < -0.3 is 15.0 Å². The molecule has 1 saturated carbocycles. The number of aromatic nitrogens is 2.